The first-order chi connectivity index (χ1) is 7.00. The fourth-order valence-corrected chi connectivity index (χ4v) is 1.76. The monoisotopic (exact) mass is 214 g/mol. The topological polar surface area (TPSA) is 109 Å². The molecule has 1 aliphatic rings. The van der Waals surface area contributed by atoms with E-state index in [4.69, 9.17) is 10.8 Å². The average Bonchev–Trinajstić information content (AvgIpc) is 2.62. The number of nitrogens with one attached hydrogen (secondary N) is 1. The molecule has 2 amide bonds. The highest BCUT2D eigenvalue weighted by molar-refractivity contribution is 5.85. The molecule has 1 aliphatic carbocycles. The molecule has 4 N–H and O–H groups in total. The Morgan fingerprint density at radius 1 is 1.27 bits per heavy atom. The molecule has 1 rings (SSSR count). The Hall–Kier alpha value is -1.59. The number of carboxylic acid groups (broad SMARTS) is 1. The molecule has 0 heterocycles. The first-order valence-corrected chi connectivity index (χ1v) is 4.79. The Labute approximate surface area is 86.8 Å². The Morgan fingerprint density at radius 3 is 2.33 bits per heavy atom. The molecule has 0 aliphatic heterocycles. The van der Waals surface area contributed by atoms with Crippen molar-refractivity contribution in [3.8, 4) is 0 Å². The van der Waals surface area contributed by atoms with Gasteiger partial charge in [-0.3, -0.25) is 14.4 Å². The Bertz CT molecular complexity index is 290. The zero-order valence-corrected chi connectivity index (χ0v) is 8.23. The van der Waals surface area contributed by atoms with E-state index in [9.17, 15) is 14.4 Å². The minimum atomic E-state index is -0.861. The number of carbonyl (C=O) groups excluding carboxylic acids is 2. The maximum Gasteiger partial charge on any atom is 0.306 e. The number of amides is 2. The summed E-state index contributed by atoms with van der Waals surface area (Å²) >= 11 is 0. The van der Waals surface area contributed by atoms with E-state index >= 15 is 0 Å². The number of carbonyl (C=O) groups is 3. The van der Waals surface area contributed by atoms with Crippen molar-refractivity contribution in [3.05, 3.63) is 0 Å². The van der Waals surface area contributed by atoms with E-state index in [1.165, 1.54) is 0 Å². The van der Waals surface area contributed by atoms with E-state index in [0.29, 0.717) is 19.3 Å². The lowest BCUT2D eigenvalue weighted by atomic mass is 10.0. The third-order valence-corrected chi connectivity index (χ3v) is 2.59. The van der Waals surface area contributed by atoms with Crippen LogP contribution in [0, 0.1) is 11.8 Å². The van der Waals surface area contributed by atoms with Crippen molar-refractivity contribution in [1.82, 2.24) is 5.32 Å². The lowest BCUT2D eigenvalue weighted by molar-refractivity contribution is -0.141. The number of carboxylic acids is 1. The van der Waals surface area contributed by atoms with Gasteiger partial charge in [0.25, 0.3) is 0 Å². The van der Waals surface area contributed by atoms with E-state index in [0.717, 1.165) is 0 Å². The van der Waals surface area contributed by atoms with E-state index in [1.807, 2.05) is 0 Å². The van der Waals surface area contributed by atoms with Gasteiger partial charge in [0.05, 0.1) is 12.5 Å². The van der Waals surface area contributed by atoms with Crippen LogP contribution in [-0.2, 0) is 14.4 Å². The van der Waals surface area contributed by atoms with Crippen LogP contribution in [0.3, 0.4) is 0 Å². The SMILES string of the molecule is NC(=O)CNC(=O)C1CCC(C(=O)O)C1. The summed E-state index contributed by atoms with van der Waals surface area (Å²) in [5.41, 5.74) is 4.87. The molecule has 2 unspecified atom stereocenters. The summed E-state index contributed by atoms with van der Waals surface area (Å²) in [6.07, 6.45) is 1.42. The molecular weight excluding hydrogens is 200 g/mol. The van der Waals surface area contributed by atoms with E-state index in [1.54, 1.807) is 0 Å². The standard InChI is InChI=1S/C9H14N2O4/c10-7(12)4-11-8(13)5-1-2-6(3-5)9(14)15/h5-6H,1-4H2,(H2,10,12)(H,11,13)(H,14,15). The summed E-state index contributed by atoms with van der Waals surface area (Å²) in [4.78, 5) is 32.4. The average molecular weight is 214 g/mol. The number of hydrogen-bond donors (Lipinski definition) is 3. The predicted molar refractivity (Wildman–Crippen MR) is 50.7 cm³/mol. The van der Waals surface area contributed by atoms with Crippen molar-refractivity contribution in [2.45, 2.75) is 19.3 Å². The second-order valence-corrected chi connectivity index (χ2v) is 3.73. The van der Waals surface area contributed by atoms with Crippen LogP contribution in [0.4, 0.5) is 0 Å². The largest absolute Gasteiger partial charge is 0.481 e. The van der Waals surface area contributed by atoms with E-state index in [-0.39, 0.29) is 18.4 Å². The summed E-state index contributed by atoms with van der Waals surface area (Å²) in [5, 5.41) is 11.1. The lowest BCUT2D eigenvalue weighted by Crippen LogP contribution is -2.36. The summed E-state index contributed by atoms with van der Waals surface area (Å²) in [6.45, 7) is -0.187. The van der Waals surface area contributed by atoms with E-state index < -0.39 is 17.8 Å². The molecular formula is C9H14N2O4. The number of rotatable bonds is 4. The summed E-state index contributed by atoms with van der Waals surface area (Å²) in [6, 6.07) is 0. The van der Waals surface area contributed by atoms with Gasteiger partial charge in [-0.2, -0.15) is 0 Å². The van der Waals surface area contributed by atoms with E-state index in [2.05, 4.69) is 5.32 Å². The van der Waals surface area contributed by atoms with Gasteiger partial charge >= 0.3 is 5.97 Å². The van der Waals surface area contributed by atoms with Gasteiger partial charge in [-0.1, -0.05) is 0 Å². The molecule has 0 saturated heterocycles. The van der Waals surface area contributed by atoms with Gasteiger partial charge in [0.15, 0.2) is 0 Å². The second kappa shape index (κ2) is 4.77. The first-order valence-electron chi connectivity index (χ1n) is 4.79. The summed E-state index contributed by atoms with van der Waals surface area (Å²) in [7, 11) is 0. The molecule has 0 aromatic rings. The highest BCUT2D eigenvalue weighted by Crippen LogP contribution is 2.30. The lowest BCUT2D eigenvalue weighted by Gasteiger charge is -2.08. The number of nitrogens with two attached hydrogens (primary N) is 1. The molecule has 0 radical (unpaired) electrons. The fourth-order valence-electron chi connectivity index (χ4n) is 1.76. The van der Waals surface area contributed by atoms with Crippen molar-refractivity contribution < 1.29 is 19.5 Å². The predicted octanol–water partition coefficient (Wildman–Crippen LogP) is -0.911. The summed E-state index contributed by atoms with van der Waals surface area (Å²) in [5.74, 6) is -2.48. The highest BCUT2D eigenvalue weighted by Gasteiger charge is 2.33. The molecule has 0 aromatic carbocycles. The smallest absolute Gasteiger partial charge is 0.306 e. The van der Waals surface area contributed by atoms with Crippen LogP contribution in [0.5, 0.6) is 0 Å². The quantitative estimate of drug-likeness (QED) is 0.562. The summed E-state index contributed by atoms with van der Waals surface area (Å²) < 4.78 is 0. The van der Waals surface area contributed by atoms with Gasteiger partial charge in [0.1, 0.15) is 0 Å². The third-order valence-electron chi connectivity index (χ3n) is 2.59. The van der Waals surface area contributed by atoms with Crippen molar-refractivity contribution in [3.63, 3.8) is 0 Å². The van der Waals surface area contributed by atoms with Crippen LogP contribution in [0.1, 0.15) is 19.3 Å². The fraction of sp³-hybridized carbons (Fsp3) is 0.667. The Morgan fingerprint density at radius 2 is 1.87 bits per heavy atom. The molecule has 1 saturated carbocycles. The number of aliphatic carboxylic acids is 1. The second-order valence-electron chi connectivity index (χ2n) is 3.73. The minimum absolute atomic E-state index is 0.187. The third kappa shape index (κ3) is 3.23. The maximum absolute atomic E-state index is 11.4. The van der Waals surface area contributed by atoms with Crippen molar-refractivity contribution in [2.24, 2.45) is 17.6 Å². The molecule has 84 valence electrons. The van der Waals surface area contributed by atoms with Crippen molar-refractivity contribution in [1.29, 1.82) is 0 Å². The van der Waals surface area contributed by atoms with Gasteiger partial charge in [0, 0.05) is 5.92 Å². The first kappa shape index (κ1) is 11.5. The molecule has 0 bridgehead atoms. The normalized spacial score (nSPS) is 24.8. The molecule has 6 heteroatoms. The number of primary amides is 1. The Balaban J connectivity index is 2.36. The van der Waals surface area contributed by atoms with Crippen LogP contribution in [0.2, 0.25) is 0 Å². The van der Waals surface area contributed by atoms with Gasteiger partial charge in [-0.05, 0) is 19.3 Å². The van der Waals surface area contributed by atoms with Gasteiger partial charge in [-0.15, -0.1) is 0 Å². The molecule has 0 aromatic heterocycles. The molecule has 2 atom stereocenters. The van der Waals surface area contributed by atoms with Crippen LogP contribution in [-0.4, -0.2) is 29.4 Å². The molecule has 0 spiro atoms. The van der Waals surface area contributed by atoms with Crippen LogP contribution in [0.25, 0.3) is 0 Å². The van der Waals surface area contributed by atoms with Crippen molar-refractivity contribution >= 4 is 17.8 Å². The molecule has 1 fully saturated rings. The zero-order valence-electron chi connectivity index (χ0n) is 8.23. The molecule has 15 heavy (non-hydrogen) atoms. The van der Waals surface area contributed by atoms with Crippen molar-refractivity contribution in [2.75, 3.05) is 6.54 Å². The van der Waals surface area contributed by atoms with Gasteiger partial charge in [0.2, 0.25) is 11.8 Å². The van der Waals surface area contributed by atoms with Gasteiger partial charge < -0.3 is 16.2 Å². The van der Waals surface area contributed by atoms with Crippen LogP contribution in [0.15, 0.2) is 0 Å². The zero-order chi connectivity index (χ0) is 11.4. The van der Waals surface area contributed by atoms with Gasteiger partial charge in [-0.25, -0.2) is 0 Å². The minimum Gasteiger partial charge on any atom is -0.481 e. The highest BCUT2D eigenvalue weighted by atomic mass is 16.4. The molecule has 6 nitrogen and oxygen atoms in total. The van der Waals surface area contributed by atoms with Crippen LogP contribution < -0.4 is 11.1 Å². The maximum atomic E-state index is 11.4. The number of hydrogen-bond acceptors (Lipinski definition) is 3. The Kier molecular flexibility index (Phi) is 3.65. The van der Waals surface area contributed by atoms with Crippen LogP contribution >= 0.6 is 0 Å².